The molecule has 3 N–H and O–H groups in total. The number of rotatable bonds is 4. The summed E-state index contributed by atoms with van der Waals surface area (Å²) in [6.07, 6.45) is 0. The molecule has 0 aliphatic carbocycles. The number of nitrogens with one attached hydrogen (secondary N) is 1. The zero-order chi connectivity index (χ0) is 16.2. The van der Waals surface area contributed by atoms with Gasteiger partial charge >= 0.3 is 0 Å². The van der Waals surface area contributed by atoms with E-state index in [1.165, 1.54) is 0 Å². The molecule has 0 radical (unpaired) electrons. The smallest absolute Gasteiger partial charge is 0.251 e. The molecular weight excluding hydrogens is 266 g/mol. The van der Waals surface area contributed by atoms with Crippen molar-refractivity contribution in [2.45, 2.75) is 33.4 Å². The number of hydrogen-bond acceptors (Lipinski definition) is 3. The maximum atomic E-state index is 12.3. The van der Waals surface area contributed by atoms with E-state index in [1.807, 2.05) is 32.9 Å². The molecule has 0 aliphatic heterocycles. The lowest BCUT2D eigenvalue weighted by Crippen LogP contribution is -2.48. The van der Waals surface area contributed by atoms with Gasteiger partial charge < -0.3 is 16.0 Å². The van der Waals surface area contributed by atoms with Crippen LogP contribution in [0.15, 0.2) is 24.3 Å². The maximum Gasteiger partial charge on any atom is 0.251 e. The summed E-state index contributed by atoms with van der Waals surface area (Å²) in [4.78, 5) is 25.3. The van der Waals surface area contributed by atoms with Gasteiger partial charge in [0.15, 0.2) is 0 Å². The van der Waals surface area contributed by atoms with Crippen LogP contribution in [0.1, 0.15) is 36.7 Å². The molecule has 0 heterocycles. The molecule has 0 aromatic heterocycles. The number of carbonyl (C=O) groups is 2. The second-order valence-corrected chi connectivity index (χ2v) is 6.31. The molecular formula is C16H25N3O2. The van der Waals surface area contributed by atoms with Gasteiger partial charge in [0.25, 0.3) is 5.91 Å². The first-order valence-electron chi connectivity index (χ1n) is 6.98. The van der Waals surface area contributed by atoms with Gasteiger partial charge in [0.2, 0.25) is 5.91 Å². The van der Waals surface area contributed by atoms with Crippen LogP contribution in [0.2, 0.25) is 0 Å². The molecule has 0 saturated carbocycles. The Labute approximate surface area is 126 Å². The van der Waals surface area contributed by atoms with Crippen molar-refractivity contribution in [3.63, 3.8) is 0 Å². The zero-order valence-corrected chi connectivity index (χ0v) is 13.4. The average Bonchev–Trinajstić information content (AvgIpc) is 2.44. The monoisotopic (exact) mass is 291 g/mol. The molecule has 1 rings (SSSR count). The van der Waals surface area contributed by atoms with Crippen LogP contribution in [0.5, 0.6) is 0 Å². The van der Waals surface area contributed by atoms with E-state index >= 15 is 0 Å². The Morgan fingerprint density at radius 2 is 1.76 bits per heavy atom. The van der Waals surface area contributed by atoms with E-state index in [0.29, 0.717) is 12.1 Å². The van der Waals surface area contributed by atoms with Crippen LogP contribution in [0, 0.1) is 5.41 Å². The van der Waals surface area contributed by atoms with Gasteiger partial charge in [-0.25, -0.2) is 0 Å². The quantitative estimate of drug-likeness (QED) is 0.880. The fourth-order valence-electron chi connectivity index (χ4n) is 1.87. The van der Waals surface area contributed by atoms with Crippen LogP contribution in [0.3, 0.4) is 0 Å². The Hall–Kier alpha value is -1.88. The van der Waals surface area contributed by atoms with Crippen molar-refractivity contribution in [3.8, 4) is 0 Å². The van der Waals surface area contributed by atoms with Crippen molar-refractivity contribution >= 4 is 11.8 Å². The van der Waals surface area contributed by atoms with Crippen LogP contribution in [-0.4, -0.2) is 36.9 Å². The average molecular weight is 291 g/mol. The molecule has 1 atom stereocenters. The number of nitrogens with two attached hydrogens (primary N) is 1. The summed E-state index contributed by atoms with van der Waals surface area (Å²) >= 11 is 0. The molecule has 1 unspecified atom stereocenters. The number of nitrogens with zero attached hydrogens (tertiary/aromatic N) is 1. The maximum absolute atomic E-state index is 12.3. The van der Waals surface area contributed by atoms with Gasteiger partial charge in [-0.3, -0.25) is 9.59 Å². The summed E-state index contributed by atoms with van der Waals surface area (Å²) in [6.45, 7) is 6.31. The lowest BCUT2D eigenvalue weighted by molar-refractivity contribution is -0.134. The van der Waals surface area contributed by atoms with Crippen molar-refractivity contribution < 1.29 is 9.59 Å². The highest BCUT2D eigenvalue weighted by atomic mass is 16.2. The van der Waals surface area contributed by atoms with Gasteiger partial charge in [0, 0.05) is 26.2 Å². The van der Waals surface area contributed by atoms with Crippen LogP contribution in [-0.2, 0) is 11.3 Å². The number of carbonyl (C=O) groups excluding carboxylic acids is 2. The minimum atomic E-state index is -0.535. The molecule has 0 fully saturated rings. The Kier molecular flexibility index (Phi) is 5.49. The fraction of sp³-hybridized carbons (Fsp3) is 0.500. The lowest BCUT2D eigenvalue weighted by atomic mass is 9.86. The summed E-state index contributed by atoms with van der Waals surface area (Å²) in [7, 11) is 3.33. The Morgan fingerprint density at radius 3 is 2.19 bits per heavy atom. The van der Waals surface area contributed by atoms with Crippen molar-refractivity contribution in [1.82, 2.24) is 10.2 Å². The molecule has 2 amide bonds. The molecule has 21 heavy (non-hydrogen) atoms. The van der Waals surface area contributed by atoms with Crippen LogP contribution < -0.4 is 11.1 Å². The molecule has 116 valence electrons. The highest BCUT2D eigenvalue weighted by Gasteiger charge is 2.29. The molecule has 0 saturated heterocycles. The molecule has 0 spiro atoms. The number of amides is 2. The van der Waals surface area contributed by atoms with Crippen molar-refractivity contribution in [2.75, 3.05) is 14.1 Å². The summed E-state index contributed by atoms with van der Waals surface area (Å²) < 4.78 is 0. The molecule has 5 heteroatoms. The van der Waals surface area contributed by atoms with E-state index in [1.54, 1.807) is 31.1 Å². The number of likely N-dealkylation sites (N-methyl/N-ethyl adjacent to an activating group) is 1. The molecule has 1 aromatic carbocycles. The fourth-order valence-corrected chi connectivity index (χ4v) is 1.87. The topological polar surface area (TPSA) is 75.4 Å². The van der Waals surface area contributed by atoms with Crippen molar-refractivity contribution in [1.29, 1.82) is 0 Å². The highest BCUT2D eigenvalue weighted by Crippen LogP contribution is 2.19. The lowest BCUT2D eigenvalue weighted by Gasteiger charge is -2.30. The van der Waals surface area contributed by atoms with Crippen molar-refractivity contribution in [2.24, 2.45) is 11.1 Å². The minimum Gasteiger partial charge on any atom is -0.355 e. The second kappa shape index (κ2) is 6.72. The van der Waals surface area contributed by atoms with Crippen molar-refractivity contribution in [3.05, 3.63) is 35.4 Å². The zero-order valence-electron chi connectivity index (χ0n) is 13.4. The Bertz CT molecular complexity index is 503. The number of hydrogen-bond donors (Lipinski definition) is 2. The summed E-state index contributed by atoms with van der Waals surface area (Å²) in [6, 6.07) is 6.65. The van der Waals surface area contributed by atoms with Crippen LogP contribution >= 0.6 is 0 Å². The van der Waals surface area contributed by atoms with Gasteiger partial charge in [-0.2, -0.15) is 0 Å². The van der Waals surface area contributed by atoms with E-state index < -0.39 is 6.04 Å². The van der Waals surface area contributed by atoms with Gasteiger partial charge in [0.05, 0.1) is 6.04 Å². The third-order valence-corrected chi connectivity index (χ3v) is 3.44. The standard InChI is InChI=1S/C16H25N3O2/c1-16(2,3)13(17)15(21)19(5)10-11-6-8-12(9-7-11)14(20)18-4/h6-9,13H,10,17H2,1-5H3,(H,18,20). The summed E-state index contributed by atoms with van der Waals surface area (Å²) in [5, 5.41) is 2.57. The largest absolute Gasteiger partial charge is 0.355 e. The normalized spacial score (nSPS) is 12.7. The van der Waals surface area contributed by atoms with Crippen LogP contribution in [0.25, 0.3) is 0 Å². The predicted molar refractivity (Wildman–Crippen MR) is 83.7 cm³/mol. The first-order chi connectivity index (χ1) is 9.66. The predicted octanol–water partition coefficient (Wildman–Crippen LogP) is 1.38. The van der Waals surface area contributed by atoms with Crippen LogP contribution in [0.4, 0.5) is 0 Å². The molecule has 5 nitrogen and oxygen atoms in total. The van der Waals surface area contributed by atoms with E-state index in [9.17, 15) is 9.59 Å². The molecule has 0 aliphatic rings. The van der Waals surface area contributed by atoms with E-state index in [0.717, 1.165) is 5.56 Å². The third-order valence-electron chi connectivity index (χ3n) is 3.44. The third kappa shape index (κ3) is 4.56. The second-order valence-electron chi connectivity index (χ2n) is 6.31. The number of benzene rings is 1. The van der Waals surface area contributed by atoms with Gasteiger partial charge in [-0.15, -0.1) is 0 Å². The minimum absolute atomic E-state index is 0.0853. The SMILES string of the molecule is CNC(=O)c1ccc(CN(C)C(=O)C(N)C(C)(C)C)cc1. The van der Waals surface area contributed by atoms with E-state index in [2.05, 4.69) is 5.32 Å². The highest BCUT2D eigenvalue weighted by molar-refractivity contribution is 5.93. The molecule has 0 bridgehead atoms. The first-order valence-corrected chi connectivity index (χ1v) is 6.98. The molecule has 1 aromatic rings. The van der Waals surface area contributed by atoms with E-state index in [-0.39, 0.29) is 17.2 Å². The Balaban J connectivity index is 2.73. The van der Waals surface area contributed by atoms with Gasteiger partial charge in [0.1, 0.15) is 0 Å². The summed E-state index contributed by atoms with van der Waals surface area (Å²) in [5.74, 6) is -0.210. The van der Waals surface area contributed by atoms with Gasteiger partial charge in [-0.1, -0.05) is 32.9 Å². The first kappa shape index (κ1) is 17.2. The van der Waals surface area contributed by atoms with E-state index in [4.69, 9.17) is 5.73 Å². The summed E-state index contributed by atoms with van der Waals surface area (Å²) in [5.41, 5.74) is 7.27. The Morgan fingerprint density at radius 1 is 1.24 bits per heavy atom. The van der Waals surface area contributed by atoms with Gasteiger partial charge in [-0.05, 0) is 23.1 Å².